The number of nitrogens with zero attached hydrogens (tertiary/aromatic N) is 3. The molecule has 2 N–H and O–H groups in total. The van der Waals surface area contributed by atoms with Crippen molar-refractivity contribution in [3.8, 4) is 0 Å². The highest BCUT2D eigenvalue weighted by Crippen LogP contribution is 2.26. The van der Waals surface area contributed by atoms with E-state index < -0.39 is 5.97 Å². The third-order valence-corrected chi connectivity index (χ3v) is 4.01. The monoisotopic (exact) mass is 316 g/mol. The molecule has 0 aliphatic heterocycles. The van der Waals surface area contributed by atoms with E-state index in [9.17, 15) is 10.0 Å². The summed E-state index contributed by atoms with van der Waals surface area (Å²) in [5.41, 5.74) is -0.266. The lowest BCUT2D eigenvalue weighted by Gasteiger charge is -2.26. The summed E-state index contributed by atoms with van der Waals surface area (Å²) in [4.78, 5) is 17.1. The van der Waals surface area contributed by atoms with E-state index in [2.05, 4.69) is 12.2 Å². The summed E-state index contributed by atoms with van der Waals surface area (Å²) in [6.07, 6.45) is 4.35. The van der Waals surface area contributed by atoms with Gasteiger partial charge in [0.15, 0.2) is 0 Å². The number of hydrogen-bond acceptors (Lipinski definition) is 3. The van der Waals surface area contributed by atoms with Crippen LogP contribution in [-0.2, 0) is 9.63 Å². The Morgan fingerprint density at radius 1 is 1.32 bits per heavy atom. The summed E-state index contributed by atoms with van der Waals surface area (Å²) in [5, 5.41) is 24.6. The van der Waals surface area contributed by atoms with Gasteiger partial charge in [0.2, 0.25) is 0 Å². The van der Waals surface area contributed by atoms with Gasteiger partial charge in [0.25, 0.3) is 10.2 Å². The molecule has 22 heavy (non-hydrogen) atoms. The molecule has 1 fully saturated rings. The number of rotatable bonds is 7. The van der Waals surface area contributed by atoms with E-state index in [1.54, 1.807) is 5.01 Å². The molecule has 0 saturated heterocycles. The fourth-order valence-corrected chi connectivity index (χ4v) is 2.57. The Kier molecular flexibility index (Phi) is 6.90. The molecule has 1 rings (SSSR count). The van der Waals surface area contributed by atoms with Gasteiger partial charge in [-0.3, -0.25) is 4.79 Å². The number of aliphatic carboxylic acids is 1. The van der Waals surface area contributed by atoms with Crippen LogP contribution in [0.3, 0.4) is 0 Å². The quantitative estimate of drug-likeness (QED) is 0.428. The molecule has 0 bridgehead atoms. The Bertz CT molecular complexity index is 385. The van der Waals surface area contributed by atoms with E-state index in [4.69, 9.17) is 9.94 Å². The van der Waals surface area contributed by atoms with Crippen LogP contribution in [0.15, 0.2) is 5.28 Å². The van der Waals surface area contributed by atoms with Crippen LogP contribution >= 0.6 is 0 Å². The first-order valence-electron chi connectivity index (χ1n) is 8.11. The predicted molar refractivity (Wildman–Crippen MR) is 80.3 cm³/mol. The molecule has 0 heterocycles. The zero-order chi connectivity index (χ0) is 16.8. The third kappa shape index (κ3) is 5.69. The summed E-state index contributed by atoms with van der Waals surface area (Å²) in [5.74, 6) is -1.02. The smallest absolute Gasteiger partial charge is 0.306 e. The molecule has 0 amide bonds. The molecule has 7 heteroatoms. The summed E-state index contributed by atoms with van der Waals surface area (Å²) < 4.78 is 0. The van der Waals surface area contributed by atoms with Gasteiger partial charge in [0.1, 0.15) is 6.10 Å². The van der Waals surface area contributed by atoms with Gasteiger partial charge in [0.05, 0.1) is 18.0 Å². The maximum atomic E-state index is 10.9. The molecule has 1 aliphatic rings. The van der Waals surface area contributed by atoms with Crippen LogP contribution in [0.1, 0.15) is 66.2 Å². The number of hydrogen-bond donors (Lipinski definition) is 2. The van der Waals surface area contributed by atoms with Crippen LogP contribution in [0, 0.1) is 5.92 Å². The Morgan fingerprint density at radius 2 is 1.91 bits per heavy atom. The molecule has 1 aliphatic carbocycles. The topological polar surface area (TPSA) is 85.4 Å². The highest BCUT2D eigenvalue weighted by Gasteiger charge is 2.33. The Labute approximate surface area is 132 Å². The van der Waals surface area contributed by atoms with Gasteiger partial charge in [-0.1, -0.05) is 13.3 Å². The van der Waals surface area contributed by atoms with Crippen molar-refractivity contribution in [1.29, 1.82) is 0 Å². The first-order valence-corrected chi connectivity index (χ1v) is 8.11. The zero-order valence-corrected chi connectivity index (χ0v) is 14.2. The van der Waals surface area contributed by atoms with Crippen LogP contribution in [0.25, 0.3) is 0 Å². The minimum atomic E-state index is -0.738. The molecular weight excluding hydrogens is 286 g/mol. The molecule has 0 aromatic rings. The van der Waals surface area contributed by atoms with Gasteiger partial charge in [0, 0.05) is 0 Å². The summed E-state index contributed by atoms with van der Waals surface area (Å²) in [6, 6.07) is 0. The van der Waals surface area contributed by atoms with Crippen LogP contribution in [0.5, 0.6) is 0 Å². The van der Waals surface area contributed by atoms with E-state index in [0.717, 1.165) is 17.8 Å². The average molecular weight is 316 g/mol. The van der Waals surface area contributed by atoms with Gasteiger partial charge in [-0.05, 0) is 52.9 Å². The first kappa shape index (κ1) is 18.5. The highest BCUT2D eigenvalue weighted by molar-refractivity contribution is 5.69. The van der Waals surface area contributed by atoms with Gasteiger partial charge >= 0.3 is 5.97 Å². The normalized spacial score (nSPS) is 23.2. The lowest BCUT2D eigenvalue weighted by molar-refractivity contribution is -0.949. The van der Waals surface area contributed by atoms with E-state index in [0.29, 0.717) is 32.2 Å². The maximum Gasteiger partial charge on any atom is 0.306 e. The van der Waals surface area contributed by atoms with Crippen molar-refractivity contribution in [3.63, 3.8) is 0 Å². The molecule has 0 atom stereocenters. The van der Waals surface area contributed by atoms with E-state index in [-0.39, 0.29) is 17.6 Å². The molecule has 0 radical (unpaired) electrons. The standard InChI is InChI=1S/C15H29N3O4/c1-5-6-11-17(15(2,3)4)18(21)16-22-13-9-7-12(8-10-13)14(19)20/h12-13H,5-11H2,1-4H3,(H-,16,19,20,21)/p+1/t12-,13-. The highest BCUT2D eigenvalue weighted by atomic mass is 16.7. The number of carboxylic acids is 1. The van der Waals surface area contributed by atoms with Gasteiger partial charge < -0.3 is 9.94 Å². The van der Waals surface area contributed by atoms with Crippen molar-refractivity contribution in [2.75, 3.05) is 6.54 Å². The first-order chi connectivity index (χ1) is 10.3. The third-order valence-electron chi connectivity index (χ3n) is 4.01. The predicted octanol–water partition coefficient (Wildman–Crippen LogP) is 3.23. The Morgan fingerprint density at radius 3 is 2.36 bits per heavy atom. The number of unbranched alkanes of at least 4 members (excludes halogenated alkanes) is 1. The molecule has 7 nitrogen and oxygen atoms in total. The van der Waals surface area contributed by atoms with Crippen molar-refractivity contribution in [1.82, 2.24) is 5.01 Å². The van der Waals surface area contributed by atoms with Crippen LogP contribution < -0.4 is 0 Å². The van der Waals surface area contributed by atoms with Crippen LogP contribution in [0.2, 0.25) is 0 Å². The van der Waals surface area contributed by atoms with Crippen molar-refractivity contribution in [2.24, 2.45) is 11.2 Å². The summed E-state index contributed by atoms with van der Waals surface area (Å²) in [7, 11) is 0. The minimum Gasteiger partial charge on any atom is -0.481 e. The number of carboxylic acid groups (broad SMARTS) is 1. The fourth-order valence-electron chi connectivity index (χ4n) is 2.57. The second-order valence-electron chi connectivity index (χ2n) is 6.91. The second-order valence-corrected chi connectivity index (χ2v) is 6.91. The lowest BCUT2D eigenvalue weighted by atomic mass is 9.88. The van der Waals surface area contributed by atoms with Gasteiger partial charge in [-0.25, -0.2) is 5.21 Å². The SMILES string of the molecule is CCCCN(/[N+](O)=N/O[C@H]1CC[C@H](C(=O)O)CC1)C(C)(C)C. The molecule has 0 spiro atoms. The molecule has 128 valence electrons. The van der Waals surface area contributed by atoms with Crippen molar-refractivity contribution in [2.45, 2.75) is 77.9 Å². The molecule has 1 saturated carbocycles. The number of carbonyl (C=O) groups is 1. The van der Waals surface area contributed by atoms with Crippen LogP contribution in [-0.4, -0.2) is 44.4 Å². The fraction of sp³-hybridized carbons (Fsp3) is 0.933. The number of hydrazine groups is 1. The second kappa shape index (κ2) is 8.19. The van der Waals surface area contributed by atoms with Gasteiger partial charge in [-0.15, -0.1) is 5.01 Å². The Balaban J connectivity index is 2.54. The zero-order valence-electron chi connectivity index (χ0n) is 14.2. The van der Waals surface area contributed by atoms with Crippen molar-refractivity contribution >= 4 is 5.97 Å². The van der Waals surface area contributed by atoms with Crippen molar-refractivity contribution in [3.05, 3.63) is 0 Å². The van der Waals surface area contributed by atoms with Crippen LogP contribution in [0.4, 0.5) is 0 Å². The maximum absolute atomic E-state index is 10.9. The summed E-state index contributed by atoms with van der Waals surface area (Å²) >= 11 is 0. The molecule has 0 unspecified atom stereocenters. The average Bonchev–Trinajstić information content (AvgIpc) is 2.44. The van der Waals surface area contributed by atoms with Crippen molar-refractivity contribution < 1.29 is 24.9 Å². The van der Waals surface area contributed by atoms with E-state index in [1.165, 1.54) is 0 Å². The minimum absolute atomic E-state index is 0.127. The van der Waals surface area contributed by atoms with E-state index >= 15 is 0 Å². The lowest BCUT2D eigenvalue weighted by Crippen LogP contribution is -2.47. The van der Waals surface area contributed by atoms with E-state index in [1.807, 2.05) is 20.8 Å². The summed E-state index contributed by atoms with van der Waals surface area (Å²) in [6.45, 7) is 8.78. The largest absolute Gasteiger partial charge is 0.481 e. The molecule has 0 aromatic heterocycles. The van der Waals surface area contributed by atoms with Gasteiger partial charge in [-0.2, -0.15) is 0 Å². The Hall–Kier alpha value is -1.53. The molecule has 0 aromatic carbocycles. The molecular formula is C15H30N3O4+.